The summed E-state index contributed by atoms with van der Waals surface area (Å²) in [5.41, 5.74) is 0.547. The van der Waals surface area contributed by atoms with Gasteiger partial charge in [0, 0.05) is 25.0 Å². The third-order valence-electron chi connectivity index (χ3n) is 3.11. The number of benzene rings is 1. The fourth-order valence-electron chi connectivity index (χ4n) is 2.00. The van der Waals surface area contributed by atoms with Crippen LogP contribution in [0.25, 0.3) is 0 Å². The molecule has 7 heteroatoms. The van der Waals surface area contributed by atoms with Crippen molar-refractivity contribution in [3.63, 3.8) is 0 Å². The number of carbonyl (C=O) groups excluding carboxylic acids is 1. The molecule has 0 aliphatic carbocycles. The summed E-state index contributed by atoms with van der Waals surface area (Å²) < 4.78 is 14.5. The van der Waals surface area contributed by atoms with E-state index >= 15 is 0 Å². The standard InChI is InChI=1S/C15H19FN4O2/c1-11(10-20-8-2-7-18-20)19-15(22)17-9-14(21)12-3-5-13(16)6-4-12/h2-8,11,14,21H,9-10H2,1H3,(H2,17,19,22)/t11-,14-/m1/s1. The summed E-state index contributed by atoms with van der Waals surface area (Å²) in [5, 5.41) is 19.3. The Bertz CT molecular complexity index is 586. The second-order valence-corrected chi connectivity index (χ2v) is 5.05. The quantitative estimate of drug-likeness (QED) is 0.755. The van der Waals surface area contributed by atoms with Crippen LogP contribution in [-0.2, 0) is 6.54 Å². The molecule has 2 aromatic rings. The third kappa shape index (κ3) is 4.85. The highest BCUT2D eigenvalue weighted by molar-refractivity contribution is 5.74. The topological polar surface area (TPSA) is 79.2 Å². The van der Waals surface area contributed by atoms with Gasteiger partial charge in [0.2, 0.25) is 0 Å². The van der Waals surface area contributed by atoms with Crippen LogP contribution in [0.15, 0.2) is 42.7 Å². The van der Waals surface area contributed by atoms with Crippen LogP contribution >= 0.6 is 0 Å². The number of amides is 2. The average Bonchev–Trinajstić information content (AvgIpc) is 2.98. The number of nitrogens with one attached hydrogen (secondary N) is 2. The van der Waals surface area contributed by atoms with E-state index in [-0.39, 0.29) is 24.4 Å². The predicted molar refractivity (Wildman–Crippen MR) is 79.6 cm³/mol. The van der Waals surface area contributed by atoms with Gasteiger partial charge >= 0.3 is 6.03 Å². The molecular formula is C15H19FN4O2. The molecule has 6 nitrogen and oxygen atoms in total. The molecule has 2 atom stereocenters. The van der Waals surface area contributed by atoms with Crippen molar-refractivity contribution in [1.29, 1.82) is 0 Å². The van der Waals surface area contributed by atoms with E-state index in [9.17, 15) is 14.3 Å². The highest BCUT2D eigenvalue weighted by Gasteiger charge is 2.11. The largest absolute Gasteiger partial charge is 0.387 e. The van der Waals surface area contributed by atoms with E-state index in [0.29, 0.717) is 12.1 Å². The minimum atomic E-state index is -0.882. The lowest BCUT2D eigenvalue weighted by Gasteiger charge is -2.16. The van der Waals surface area contributed by atoms with Crippen molar-refractivity contribution in [2.24, 2.45) is 0 Å². The molecule has 2 rings (SSSR count). The lowest BCUT2D eigenvalue weighted by atomic mass is 10.1. The van der Waals surface area contributed by atoms with Crippen molar-refractivity contribution < 1.29 is 14.3 Å². The Morgan fingerprint density at radius 1 is 1.41 bits per heavy atom. The van der Waals surface area contributed by atoms with Crippen molar-refractivity contribution in [1.82, 2.24) is 20.4 Å². The number of rotatable bonds is 6. The molecule has 0 spiro atoms. The Kier molecular flexibility index (Phi) is 5.48. The van der Waals surface area contributed by atoms with E-state index in [1.807, 2.05) is 19.2 Å². The maximum Gasteiger partial charge on any atom is 0.315 e. The molecule has 0 saturated carbocycles. The molecule has 1 aromatic carbocycles. The SMILES string of the molecule is C[C@H](Cn1cccn1)NC(=O)NC[C@@H](O)c1ccc(F)cc1. The normalized spacial score (nSPS) is 13.4. The monoisotopic (exact) mass is 306 g/mol. The number of hydrogen-bond donors (Lipinski definition) is 3. The third-order valence-corrected chi connectivity index (χ3v) is 3.11. The summed E-state index contributed by atoms with van der Waals surface area (Å²) in [6.45, 7) is 2.46. The van der Waals surface area contributed by atoms with Gasteiger partial charge in [0.1, 0.15) is 5.82 Å². The molecule has 1 heterocycles. The first-order valence-corrected chi connectivity index (χ1v) is 7.00. The van der Waals surface area contributed by atoms with Gasteiger partial charge in [-0.2, -0.15) is 5.10 Å². The summed E-state index contributed by atoms with van der Waals surface area (Å²) in [5.74, 6) is -0.367. The lowest BCUT2D eigenvalue weighted by Crippen LogP contribution is -2.43. The van der Waals surface area contributed by atoms with Gasteiger partial charge in [-0.05, 0) is 30.7 Å². The van der Waals surface area contributed by atoms with Gasteiger partial charge in [-0.15, -0.1) is 0 Å². The van der Waals surface area contributed by atoms with Gasteiger partial charge in [0.05, 0.1) is 12.6 Å². The van der Waals surface area contributed by atoms with E-state index in [2.05, 4.69) is 15.7 Å². The molecule has 2 amide bonds. The molecular weight excluding hydrogens is 287 g/mol. The lowest BCUT2D eigenvalue weighted by molar-refractivity contribution is 0.172. The summed E-state index contributed by atoms with van der Waals surface area (Å²) in [4.78, 5) is 11.7. The fraction of sp³-hybridized carbons (Fsp3) is 0.333. The Morgan fingerprint density at radius 3 is 2.77 bits per heavy atom. The van der Waals surface area contributed by atoms with Gasteiger partial charge in [-0.25, -0.2) is 9.18 Å². The molecule has 0 radical (unpaired) electrons. The van der Waals surface area contributed by atoms with Gasteiger partial charge in [0.15, 0.2) is 0 Å². The van der Waals surface area contributed by atoms with Crippen LogP contribution in [0.2, 0.25) is 0 Å². The van der Waals surface area contributed by atoms with Gasteiger partial charge in [-0.1, -0.05) is 12.1 Å². The Balaban J connectivity index is 1.73. The van der Waals surface area contributed by atoms with Crippen molar-refractivity contribution in [2.75, 3.05) is 6.54 Å². The number of carbonyl (C=O) groups is 1. The molecule has 0 bridgehead atoms. The highest BCUT2D eigenvalue weighted by Crippen LogP contribution is 2.12. The molecule has 0 unspecified atom stereocenters. The van der Waals surface area contributed by atoms with Crippen LogP contribution in [0.3, 0.4) is 0 Å². The molecule has 0 aliphatic rings. The van der Waals surface area contributed by atoms with Gasteiger partial charge in [0.25, 0.3) is 0 Å². The van der Waals surface area contributed by atoms with Gasteiger partial charge < -0.3 is 15.7 Å². The first-order chi connectivity index (χ1) is 10.5. The zero-order valence-electron chi connectivity index (χ0n) is 12.2. The van der Waals surface area contributed by atoms with Crippen molar-refractivity contribution in [3.8, 4) is 0 Å². The minimum absolute atomic E-state index is 0.0476. The number of aliphatic hydroxyl groups is 1. The number of urea groups is 1. The number of nitrogens with zero attached hydrogens (tertiary/aromatic N) is 2. The second kappa shape index (κ2) is 7.56. The van der Waals surface area contributed by atoms with E-state index < -0.39 is 6.10 Å². The summed E-state index contributed by atoms with van der Waals surface area (Å²) in [7, 11) is 0. The number of aromatic nitrogens is 2. The van der Waals surface area contributed by atoms with Crippen molar-refractivity contribution >= 4 is 6.03 Å². The van der Waals surface area contributed by atoms with Crippen LogP contribution in [0.4, 0.5) is 9.18 Å². The zero-order valence-corrected chi connectivity index (χ0v) is 12.2. The first-order valence-electron chi connectivity index (χ1n) is 7.00. The molecule has 22 heavy (non-hydrogen) atoms. The smallest absolute Gasteiger partial charge is 0.315 e. The van der Waals surface area contributed by atoms with Crippen molar-refractivity contribution in [3.05, 3.63) is 54.1 Å². The Labute approximate surface area is 128 Å². The maximum atomic E-state index is 12.8. The summed E-state index contributed by atoms with van der Waals surface area (Å²) in [6, 6.07) is 6.84. The summed E-state index contributed by atoms with van der Waals surface area (Å²) in [6.07, 6.45) is 2.60. The maximum absolute atomic E-state index is 12.8. The van der Waals surface area contributed by atoms with Gasteiger partial charge in [-0.3, -0.25) is 4.68 Å². The first kappa shape index (κ1) is 16.0. The van der Waals surface area contributed by atoms with E-state index in [1.165, 1.54) is 24.3 Å². The molecule has 0 aliphatic heterocycles. The molecule has 1 aromatic heterocycles. The van der Waals surface area contributed by atoms with E-state index in [1.54, 1.807) is 10.9 Å². The fourth-order valence-corrected chi connectivity index (χ4v) is 2.00. The van der Waals surface area contributed by atoms with Crippen LogP contribution in [0.5, 0.6) is 0 Å². The molecule has 0 saturated heterocycles. The van der Waals surface area contributed by atoms with Crippen molar-refractivity contribution in [2.45, 2.75) is 25.6 Å². The zero-order chi connectivity index (χ0) is 15.9. The predicted octanol–water partition coefficient (Wildman–Crippen LogP) is 1.44. The molecule has 3 N–H and O–H groups in total. The van der Waals surface area contributed by atoms with Crippen LogP contribution in [0.1, 0.15) is 18.6 Å². The second-order valence-electron chi connectivity index (χ2n) is 5.05. The number of hydrogen-bond acceptors (Lipinski definition) is 3. The van der Waals surface area contributed by atoms with Crippen LogP contribution < -0.4 is 10.6 Å². The summed E-state index contributed by atoms with van der Waals surface area (Å²) >= 11 is 0. The molecule has 0 fully saturated rings. The number of halogens is 1. The van der Waals surface area contributed by atoms with Crippen LogP contribution in [0, 0.1) is 5.82 Å². The highest BCUT2D eigenvalue weighted by atomic mass is 19.1. The Morgan fingerprint density at radius 2 is 2.14 bits per heavy atom. The Hall–Kier alpha value is -2.41. The van der Waals surface area contributed by atoms with Crippen LogP contribution in [-0.4, -0.2) is 33.5 Å². The van der Waals surface area contributed by atoms with E-state index in [0.717, 1.165) is 0 Å². The minimum Gasteiger partial charge on any atom is -0.387 e. The number of aliphatic hydroxyl groups excluding tert-OH is 1. The van der Waals surface area contributed by atoms with E-state index in [4.69, 9.17) is 0 Å². The average molecular weight is 306 g/mol. The molecule has 118 valence electrons.